The van der Waals surface area contributed by atoms with Gasteiger partial charge in [0.2, 0.25) is 0 Å². The van der Waals surface area contributed by atoms with Crippen molar-refractivity contribution in [3.8, 4) is 5.69 Å². The third kappa shape index (κ3) is 4.28. The van der Waals surface area contributed by atoms with E-state index < -0.39 is 0 Å². The van der Waals surface area contributed by atoms with Crippen molar-refractivity contribution < 1.29 is 30.0 Å². The first-order valence-corrected chi connectivity index (χ1v) is 11.4. The average molecular weight is 642 g/mol. The number of aromatic nitrogens is 2. The van der Waals surface area contributed by atoms with Crippen LogP contribution in [0.4, 0.5) is 0 Å². The number of allylic oxidation sites excluding steroid dienone is 2. The van der Waals surface area contributed by atoms with Gasteiger partial charge in [-0.2, -0.15) is 0 Å². The number of benzene rings is 3. The molecule has 0 aliphatic rings. The van der Waals surface area contributed by atoms with Crippen LogP contribution in [0.2, 0.25) is 0 Å². The Kier molecular flexibility index (Phi) is 6.94. The molecule has 0 spiro atoms. The Hall–Kier alpha value is -3.31. The summed E-state index contributed by atoms with van der Waals surface area (Å²) in [6.45, 7) is 2.85. The Labute approximate surface area is 214 Å². The van der Waals surface area contributed by atoms with Crippen molar-refractivity contribution in [1.29, 1.82) is 0 Å². The number of aliphatic hydroxyl groups is 1. The van der Waals surface area contributed by atoms with Crippen LogP contribution in [0.3, 0.4) is 0 Å². The second-order valence-corrected chi connectivity index (χ2v) is 8.87. The van der Waals surface area contributed by atoms with E-state index >= 15 is 0 Å². The van der Waals surface area contributed by atoms with Crippen LogP contribution in [-0.2, 0) is 24.9 Å². The summed E-state index contributed by atoms with van der Waals surface area (Å²) in [7, 11) is 0. The molecular weight excluding hydrogens is 621 g/mol. The zero-order chi connectivity index (χ0) is 22.9. The van der Waals surface area contributed by atoms with Gasteiger partial charge in [0, 0.05) is 58.4 Å². The van der Waals surface area contributed by atoms with Gasteiger partial charge in [-0.05, 0) is 60.6 Å². The zero-order valence-corrected chi connectivity index (χ0v) is 21.8. The molecule has 0 unspecified atom stereocenters. The maximum atomic E-state index is 10.0. The summed E-state index contributed by atoms with van der Waals surface area (Å²) in [5.41, 5.74) is 4.49. The fourth-order valence-corrected chi connectivity index (χ4v) is 5.33. The minimum absolute atomic E-state index is 0. The molecule has 0 saturated carbocycles. The maximum Gasteiger partial charge on any atom is 0.155 e. The average Bonchev–Trinajstić information content (AvgIpc) is 3.13. The summed E-state index contributed by atoms with van der Waals surface area (Å²) in [4.78, 5) is 14.8. The van der Waals surface area contributed by atoms with Crippen LogP contribution in [0.15, 0.2) is 90.8 Å². The van der Waals surface area contributed by atoms with E-state index in [1.165, 1.54) is 45.6 Å². The van der Waals surface area contributed by atoms with Crippen LogP contribution in [0.1, 0.15) is 13.8 Å². The molecule has 6 aromatic rings. The van der Waals surface area contributed by atoms with Gasteiger partial charge in [-0.15, -0.1) is 41.0 Å². The van der Waals surface area contributed by atoms with E-state index in [0.29, 0.717) is 0 Å². The molecule has 1 radical (unpaired) electrons. The molecule has 6 heteroatoms. The number of thiophene rings is 1. The van der Waals surface area contributed by atoms with Crippen molar-refractivity contribution in [2.45, 2.75) is 13.8 Å². The Morgan fingerprint density at radius 3 is 2.38 bits per heavy atom. The molecule has 4 nitrogen and oxygen atoms in total. The molecule has 34 heavy (non-hydrogen) atoms. The molecule has 3 heterocycles. The quantitative estimate of drug-likeness (QED) is 0.122. The number of hydrogen-bond acceptors (Lipinski definition) is 4. The molecular formula is C28H21IrN2O2S-. The predicted molar refractivity (Wildman–Crippen MR) is 137 cm³/mol. The summed E-state index contributed by atoms with van der Waals surface area (Å²) in [6.07, 6.45) is 3.08. The molecule has 0 aliphatic carbocycles. The number of aliphatic hydroxyl groups excluding tert-OH is 1. The third-order valence-corrected chi connectivity index (χ3v) is 6.49. The first-order chi connectivity index (χ1) is 16.0. The first-order valence-electron chi connectivity index (χ1n) is 10.6. The number of ketones is 1. The van der Waals surface area contributed by atoms with E-state index in [9.17, 15) is 4.79 Å². The zero-order valence-electron chi connectivity index (χ0n) is 18.6. The monoisotopic (exact) mass is 642 g/mol. The summed E-state index contributed by atoms with van der Waals surface area (Å²) < 4.78 is 4.90. The number of carbonyl (C=O) groups is 1. The molecule has 3 aromatic carbocycles. The minimum atomic E-state index is -0.125. The molecule has 0 fully saturated rings. The Balaban J connectivity index is 0.000000303. The van der Waals surface area contributed by atoms with Crippen LogP contribution in [0, 0.1) is 6.07 Å². The minimum Gasteiger partial charge on any atom is -0.512 e. The van der Waals surface area contributed by atoms with Gasteiger partial charge in [-0.3, -0.25) is 4.79 Å². The van der Waals surface area contributed by atoms with Crippen LogP contribution in [0.5, 0.6) is 0 Å². The van der Waals surface area contributed by atoms with Crippen molar-refractivity contribution in [3.63, 3.8) is 0 Å². The van der Waals surface area contributed by atoms with Crippen LogP contribution in [-0.4, -0.2) is 20.4 Å². The summed E-state index contributed by atoms with van der Waals surface area (Å²) in [6, 6.07) is 28.9. The molecule has 0 atom stereocenters. The van der Waals surface area contributed by atoms with E-state index in [1.54, 1.807) is 0 Å². The van der Waals surface area contributed by atoms with E-state index in [1.807, 2.05) is 29.7 Å². The number of hydrogen-bond donors (Lipinski definition) is 1. The van der Waals surface area contributed by atoms with Crippen LogP contribution in [0.25, 0.3) is 47.8 Å². The van der Waals surface area contributed by atoms with Gasteiger partial charge in [0.25, 0.3) is 0 Å². The van der Waals surface area contributed by atoms with Crippen molar-refractivity contribution >= 4 is 59.2 Å². The summed E-state index contributed by atoms with van der Waals surface area (Å²) in [5.74, 6) is -0.0625. The number of rotatable bonds is 2. The number of carbonyl (C=O) groups excluding carboxylic acids is 1. The molecule has 3 aromatic heterocycles. The fourth-order valence-electron chi connectivity index (χ4n) is 4.20. The van der Waals surface area contributed by atoms with E-state index in [4.69, 9.17) is 10.1 Å². The predicted octanol–water partition coefficient (Wildman–Crippen LogP) is 7.38. The van der Waals surface area contributed by atoms with Gasteiger partial charge >= 0.3 is 0 Å². The fraction of sp³-hybridized carbons (Fsp3) is 0.0714. The van der Waals surface area contributed by atoms with Crippen molar-refractivity contribution in [2.75, 3.05) is 0 Å². The molecule has 171 valence electrons. The smallest absolute Gasteiger partial charge is 0.155 e. The first kappa shape index (κ1) is 23.8. The van der Waals surface area contributed by atoms with Crippen LogP contribution < -0.4 is 0 Å². The van der Waals surface area contributed by atoms with Crippen molar-refractivity contribution in [2.24, 2.45) is 0 Å². The van der Waals surface area contributed by atoms with Gasteiger partial charge in [-0.25, -0.2) is 0 Å². The van der Waals surface area contributed by atoms with Gasteiger partial charge in [0.15, 0.2) is 5.78 Å². The second-order valence-electron chi connectivity index (χ2n) is 7.78. The SMILES string of the molecule is CC(=O)/C=C(/C)O.[Ir].[c-]1cccc2c1c1nccc3sc4cccc(c4c31)n2-c1ccccc1. The molecule has 1 N–H and O–H groups in total. The Morgan fingerprint density at radius 2 is 1.68 bits per heavy atom. The van der Waals surface area contributed by atoms with Gasteiger partial charge in [0.1, 0.15) is 0 Å². The van der Waals surface area contributed by atoms with Crippen LogP contribution >= 0.6 is 11.3 Å². The van der Waals surface area contributed by atoms with Gasteiger partial charge in [-0.1, -0.05) is 24.3 Å². The molecule has 0 saturated heterocycles. The standard InChI is InChI=1S/C23H13N2S.C5H8O2.Ir/c1-2-7-15(8-3-1)25-17-10-5-4-9-16(17)23-22-20(13-14-24-23)26-19-12-6-11-18(25)21(19)22;1-4(6)3-5(2)7;/h1-8,10-14H;3,6H,1-2H3;/q-1;;/b;4-3-;. The maximum absolute atomic E-state index is 10.0. The molecule has 6 rings (SSSR count). The Bertz CT molecular complexity index is 1660. The van der Waals surface area contributed by atoms with Crippen molar-refractivity contribution in [3.05, 3.63) is 96.9 Å². The number of pyridine rings is 1. The van der Waals surface area contributed by atoms with E-state index in [-0.39, 0.29) is 31.6 Å². The topological polar surface area (TPSA) is 55.1 Å². The summed E-state index contributed by atoms with van der Waals surface area (Å²) >= 11 is 1.83. The molecule has 0 aliphatic heterocycles. The Morgan fingerprint density at radius 1 is 0.941 bits per heavy atom. The summed E-state index contributed by atoms with van der Waals surface area (Å²) in [5, 5.41) is 11.9. The second kappa shape index (κ2) is 9.90. The molecule has 0 amide bonds. The third-order valence-electron chi connectivity index (χ3n) is 5.37. The van der Waals surface area contributed by atoms with Gasteiger partial charge < -0.3 is 14.7 Å². The number of para-hydroxylation sites is 1. The number of nitrogens with zero attached hydrogens (tertiary/aromatic N) is 2. The van der Waals surface area contributed by atoms with E-state index in [0.717, 1.165) is 22.1 Å². The molecule has 0 bridgehead atoms. The van der Waals surface area contributed by atoms with Crippen molar-refractivity contribution in [1.82, 2.24) is 9.55 Å². The number of fused-ring (bicyclic) bond motifs is 2. The van der Waals surface area contributed by atoms with Gasteiger partial charge in [0.05, 0.1) is 5.76 Å². The largest absolute Gasteiger partial charge is 0.512 e. The normalized spacial score (nSPS) is 11.4. The van der Waals surface area contributed by atoms with E-state index in [2.05, 4.69) is 71.3 Å².